The lowest BCUT2D eigenvalue weighted by Crippen LogP contribution is -2.56. The Kier molecular flexibility index (Phi) is 3.65. The molecule has 2 saturated carbocycles. The molecular weight excluding hydrogens is 316 g/mol. The van der Waals surface area contributed by atoms with E-state index in [-0.39, 0.29) is 11.5 Å². The van der Waals surface area contributed by atoms with Gasteiger partial charge in [0.05, 0.1) is 32.2 Å². The molecule has 0 radical (unpaired) electrons. The number of rotatable bonds is 1. The van der Waals surface area contributed by atoms with E-state index in [2.05, 4.69) is 13.0 Å². The summed E-state index contributed by atoms with van der Waals surface area (Å²) in [6.45, 7) is 3.72. The van der Waals surface area contributed by atoms with E-state index < -0.39 is 5.79 Å². The van der Waals surface area contributed by atoms with Gasteiger partial charge in [0.2, 0.25) is 0 Å². The van der Waals surface area contributed by atoms with Gasteiger partial charge in [-0.15, -0.1) is 0 Å². The van der Waals surface area contributed by atoms with Crippen molar-refractivity contribution in [1.29, 1.82) is 0 Å². The van der Waals surface area contributed by atoms with Crippen LogP contribution >= 0.6 is 0 Å². The molecule has 0 aromatic heterocycles. The zero-order valence-corrected chi connectivity index (χ0v) is 15.4. The first kappa shape index (κ1) is 16.3. The second-order valence-corrected chi connectivity index (χ2v) is 8.90. The third-order valence-electron chi connectivity index (χ3n) is 8.09. The monoisotopic (exact) mass is 346 g/mol. The minimum Gasteiger partial charge on any atom is -0.501 e. The quantitative estimate of drug-likeness (QED) is 0.738. The molecule has 1 heterocycles. The highest BCUT2D eigenvalue weighted by Gasteiger charge is 2.66. The Hall–Kier alpha value is -0.840. The number of allylic oxidation sites excluding steroid dienone is 2. The lowest BCUT2D eigenvalue weighted by atomic mass is 9.53. The summed E-state index contributed by atoms with van der Waals surface area (Å²) in [4.78, 5) is 0. The van der Waals surface area contributed by atoms with Crippen LogP contribution in [-0.4, -0.2) is 37.3 Å². The van der Waals surface area contributed by atoms with Crippen LogP contribution in [-0.2, 0) is 14.2 Å². The zero-order chi connectivity index (χ0) is 17.2. The summed E-state index contributed by atoms with van der Waals surface area (Å²) in [5.74, 6) is 2.15. The third-order valence-corrected chi connectivity index (χ3v) is 8.09. The highest BCUT2D eigenvalue weighted by molar-refractivity contribution is 5.34. The van der Waals surface area contributed by atoms with Crippen molar-refractivity contribution in [3.63, 3.8) is 0 Å². The Labute approximate surface area is 150 Å². The van der Waals surface area contributed by atoms with Crippen molar-refractivity contribution in [2.24, 2.45) is 23.2 Å². The zero-order valence-electron chi connectivity index (χ0n) is 15.4. The fourth-order valence-corrected chi connectivity index (χ4v) is 7.00. The maximum Gasteiger partial charge on any atom is 0.174 e. The molecule has 25 heavy (non-hydrogen) atoms. The van der Waals surface area contributed by atoms with Crippen LogP contribution in [0.25, 0.3) is 0 Å². The van der Waals surface area contributed by atoms with E-state index in [1.54, 1.807) is 7.11 Å². The van der Waals surface area contributed by atoms with Crippen molar-refractivity contribution >= 4 is 0 Å². The van der Waals surface area contributed by atoms with Crippen LogP contribution in [0.15, 0.2) is 23.0 Å². The van der Waals surface area contributed by atoms with E-state index in [9.17, 15) is 5.11 Å². The minimum atomic E-state index is -0.437. The van der Waals surface area contributed by atoms with Gasteiger partial charge in [0.25, 0.3) is 0 Å². The van der Waals surface area contributed by atoms with Crippen LogP contribution in [0.4, 0.5) is 0 Å². The molecule has 1 aliphatic heterocycles. The number of methoxy groups -OCH3 is 1. The minimum absolute atomic E-state index is 0.0512. The second kappa shape index (κ2) is 5.58. The van der Waals surface area contributed by atoms with Crippen LogP contribution in [0, 0.1) is 23.2 Å². The molecule has 0 aromatic carbocycles. The SMILES string of the molecule is COC1=CCC2=C(CC[C@@H]3[C@@H]2[C@@H](O)C[C@@]2(C)[C@H]3CCC23OCCO3)C1. The van der Waals surface area contributed by atoms with E-state index in [1.807, 2.05) is 0 Å². The molecule has 4 heteroatoms. The number of fused-ring (bicyclic) bond motifs is 5. The van der Waals surface area contributed by atoms with Gasteiger partial charge in [-0.1, -0.05) is 18.1 Å². The maximum atomic E-state index is 11.2. The van der Waals surface area contributed by atoms with Crippen LogP contribution < -0.4 is 0 Å². The molecule has 5 atom stereocenters. The van der Waals surface area contributed by atoms with E-state index in [0.29, 0.717) is 31.0 Å². The lowest BCUT2D eigenvalue weighted by Gasteiger charge is -2.55. The Morgan fingerprint density at radius 2 is 2.04 bits per heavy atom. The summed E-state index contributed by atoms with van der Waals surface area (Å²) in [5, 5.41) is 11.2. The fraction of sp³-hybridized carbons (Fsp3) is 0.810. The topological polar surface area (TPSA) is 47.9 Å². The van der Waals surface area contributed by atoms with Gasteiger partial charge in [-0.05, 0) is 50.0 Å². The lowest BCUT2D eigenvalue weighted by molar-refractivity contribution is -0.249. The van der Waals surface area contributed by atoms with Crippen molar-refractivity contribution in [3.8, 4) is 0 Å². The van der Waals surface area contributed by atoms with E-state index in [0.717, 1.165) is 37.9 Å². The molecule has 5 aliphatic rings. The predicted molar refractivity (Wildman–Crippen MR) is 93.7 cm³/mol. The van der Waals surface area contributed by atoms with Gasteiger partial charge in [-0.25, -0.2) is 0 Å². The molecule has 1 N–H and O–H groups in total. The summed E-state index contributed by atoms with van der Waals surface area (Å²) in [6, 6.07) is 0. The van der Waals surface area contributed by atoms with Gasteiger partial charge in [0.15, 0.2) is 5.79 Å². The number of aliphatic hydroxyl groups excluding tert-OH is 1. The van der Waals surface area contributed by atoms with Crippen molar-refractivity contribution in [1.82, 2.24) is 0 Å². The molecule has 1 spiro atoms. The summed E-state index contributed by atoms with van der Waals surface area (Å²) in [7, 11) is 1.77. The molecule has 4 nitrogen and oxygen atoms in total. The summed E-state index contributed by atoms with van der Waals surface area (Å²) in [6.07, 6.45) is 9.15. The van der Waals surface area contributed by atoms with Gasteiger partial charge in [0, 0.05) is 24.2 Å². The summed E-state index contributed by atoms with van der Waals surface area (Å²) >= 11 is 0. The van der Waals surface area contributed by atoms with Gasteiger partial charge in [-0.3, -0.25) is 0 Å². The van der Waals surface area contributed by atoms with Crippen LogP contribution in [0.5, 0.6) is 0 Å². The Morgan fingerprint density at radius 1 is 1.24 bits per heavy atom. The van der Waals surface area contributed by atoms with E-state index in [4.69, 9.17) is 14.2 Å². The number of ether oxygens (including phenoxy) is 3. The molecule has 5 rings (SSSR count). The molecule has 0 aromatic rings. The molecular formula is C21H30O4. The molecule has 1 saturated heterocycles. The smallest absolute Gasteiger partial charge is 0.174 e. The number of hydrogen-bond donors (Lipinski definition) is 1. The molecule has 138 valence electrons. The molecule has 0 amide bonds. The average molecular weight is 346 g/mol. The summed E-state index contributed by atoms with van der Waals surface area (Å²) < 4.78 is 17.8. The standard InChI is InChI=1S/C21H30O4/c1-20-12-18(22)19-15-6-4-14(23-2)11-13(15)3-5-16(19)17(20)7-8-21(20)24-9-10-25-21/h4,16-19,22H,3,5-12H2,1-2H3/t16-,17-,18-,19+,20-/m0/s1. The molecule has 0 bridgehead atoms. The van der Waals surface area contributed by atoms with Gasteiger partial charge < -0.3 is 19.3 Å². The molecule has 3 fully saturated rings. The van der Waals surface area contributed by atoms with Crippen molar-refractivity contribution < 1.29 is 19.3 Å². The third kappa shape index (κ3) is 2.11. The van der Waals surface area contributed by atoms with Crippen LogP contribution in [0.1, 0.15) is 51.9 Å². The average Bonchev–Trinajstić information content (AvgIpc) is 3.20. The summed E-state index contributed by atoms with van der Waals surface area (Å²) in [5.41, 5.74) is 3.00. The van der Waals surface area contributed by atoms with Crippen LogP contribution in [0.2, 0.25) is 0 Å². The predicted octanol–water partition coefficient (Wildman–Crippen LogP) is 3.56. The maximum absolute atomic E-state index is 11.2. The Balaban J connectivity index is 1.48. The van der Waals surface area contributed by atoms with E-state index >= 15 is 0 Å². The Bertz CT molecular complexity index is 630. The van der Waals surface area contributed by atoms with E-state index in [1.165, 1.54) is 24.0 Å². The first-order valence-electron chi connectivity index (χ1n) is 9.98. The number of hydrogen-bond acceptors (Lipinski definition) is 4. The van der Waals surface area contributed by atoms with Crippen molar-refractivity contribution in [2.45, 2.75) is 63.8 Å². The van der Waals surface area contributed by atoms with Gasteiger partial charge in [0.1, 0.15) is 0 Å². The van der Waals surface area contributed by atoms with Gasteiger partial charge in [-0.2, -0.15) is 0 Å². The number of aliphatic hydroxyl groups is 1. The van der Waals surface area contributed by atoms with Crippen LogP contribution in [0.3, 0.4) is 0 Å². The normalized spacial score (nSPS) is 45.0. The molecule has 0 unspecified atom stereocenters. The highest BCUT2D eigenvalue weighted by atomic mass is 16.7. The first-order chi connectivity index (χ1) is 12.1. The first-order valence-corrected chi connectivity index (χ1v) is 9.98. The largest absolute Gasteiger partial charge is 0.501 e. The second-order valence-electron chi connectivity index (χ2n) is 8.90. The highest BCUT2D eigenvalue weighted by Crippen LogP contribution is 2.66. The Morgan fingerprint density at radius 3 is 2.80 bits per heavy atom. The van der Waals surface area contributed by atoms with Crippen molar-refractivity contribution in [3.05, 3.63) is 23.0 Å². The molecule has 4 aliphatic carbocycles. The van der Waals surface area contributed by atoms with Crippen molar-refractivity contribution in [2.75, 3.05) is 20.3 Å². The fourth-order valence-electron chi connectivity index (χ4n) is 7.00. The van der Waals surface area contributed by atoms with Gasteiger partial charge >= 0.3 is 0 Å².